The third kappa shape index (κ3) is 3.98. The van der Waals surface area contributed by atoms with E-state index in [0.717, 1.165) is 28.5 Å². The van der Waals surface area contributed by atoms with Crippen molar-refractivity contribution in [2.24, 2.45) is 0 Å². The molecule has 0 saturated carbocycles. The van der Waals surface area contributed by atoms with Crippen LogP contribution in [-0.4, -0.2) is 9.68 Å². The van der Waals surface area contributed by atoms with E-state index in [2.05, 4.69) is 47.2 Å². The Morgan fingerprint density at radius 3 is 2.24 bits per heavy atom. The molecule has 0 fully saturated rings. The molecule has 0 spiro atoms. The highest BCUT2D eigenvalue weighted by atomic mass is 35.5. The second-order valence-electron chi connectivity index (χ2n) is 5.68. The Kier molecular flexibility index (Phi) is 5.33. The summed E-state index contributed by atoms with van der Waals surface area (Å²) in [6, 6.07) is 17.5. The van der Waals surface area contributed by atoms with Crippen LogP contribution in [0.2, 0.25) is 10.0 Å². The fourth-order valence-corrected chi connectivity index (χ4v) is 3.21. The van der Waals surface area contributed by atoms with Gasteiger partial charge >= 0.3 is 0 Å². The van der Waals surface area contributed by atoms with Crippen LogP contribution in [0.1, 0.15) is 11.4 Å². The Morgan fingerprint density at radius 1 is 0.880 bits per heavy atom. The fraction of sp³-hybridized carbons (Fsp3) is 0.105. The van der Waals surface area contributed by atoms with Crippen LogP contribution in [0, 0.1) is 13.8 Å². The molecule has 2 aromatic carbocycles. The van der Waals surface area contributed by atoms with E-state index in [1.54, 1.807) is 12.1 Å². The number of nitrogens with zero attached hydrogens (tertiary/aromatic N) is 1. The van der Waals surface area contributed by atoms with Crippen LogP contribution in [0.4, 0.5) is 11.4 Å². The fourth-order valence-electron chi connectivity index (χ4n) is 2.68. The maximum Gasteiger partial charge on any atom is 0.175 e. The van der Waals surface area contributed by atoms with Gasteiger partial charge in [0.15, 0.2) is 5.11 Å². The molecule has 3 aromatic rings. The lowest BCUT2D eigenvalue weighted by molar-refractivity contribution is 0.968. The molecule has 0 saturated heterocycles. The van der Waals surface area contributed by atoms with E-state index in [-0.39, 0.29) is 0 Å². The summed E-state index contributed by atoms with van der Waals surface area (Å²) in [5.41, 5.74) is 5.06. The zero-order valence-corrected chi connectivity index (χ0v) is 16.1. The first-order valence-electron chi connectivity index (χ1n) is 7.73. The van der Waals surface area contributed by atoms with Gasteiger partial charge in [0.05, 0.1) is 21.4 Å². The van der Waals surface area contributed by atoms with Crippen LogP contribution in [0.5, 0.6) is 0 Å². The molecule has 0 bridgehead atoms. The summed E-state index contributed by atoms with van der Waals surface area (Å²) >= 11 is 17.4. The Labute approximate surface area is 162 Å². The molecule has 3 nitrogen and oxygen atoms in total. The molecule has 6 heteroatoms. The molecule has 1 heterocycles. The van der Waals surface area contributed by atoms with Gasteiger partial charge in [-0.15, -0.1) is 0 Å². The Bertz CT molecular complexity index is 915. The van der Waals surface area contributed by atoms with Crippen LogP contribution in [0.15, 0.2) is 54.6 Å². The number of aromatic nitrogens is 1. The molecular weight excluding hydrogens is 373 g/mol. The van der Waals surface area contributed by atoms with Crippen LogP contribution < -0.4 is 10.6 Å². The van der Waals surface area contributed by atoms with Crippen molar-refractivity contribution < 1.29 is 0 Å². The van der Waals surface area contributed by atoms with Crippen LogP contribution in [-0.2, 0) is 0 Å². The van der Waals surface area contributed by atoms with Gasteiger partial charge in [0.2, 0.25) is 0 Å². The molecule has 0 atom stereocenters. The number of aryl methyl sites for hydroxylation is 2. The number of thiocarbonyl (C=S) groups is 1. The van der Waals surface area contributed by atoms with E-state index >= 15 is 0 Å². The molecule has 0 aliphatic rings. The first-order chi connectivity index (χ1) is 12.0. The number of hydrogen-bond donors (Lipinski definition) is 2. The summed E-state index contributed by atoms with van der Waals surface area (Å²) in [7, 11) is 0. The van der Waals surface area contributed by atoms with Gasteiger partial charge in [0, 0.05) is 17.1 Å². The van der Waals surface area contributed by atoms with Gasteiger partial charge in [0.1, 0.15) is 0 Å². The van der Waals surface area contributed by atoms with Gasteiger partial charge in [-0.25, -0.2) is 0 Å². The summed E-state index contributed by atoms with van der Waals surface area (Å²) in [4.78, 5) is 0. The molecule has 128 valence electrons. The van der Waals surface area contributed by atoms with Crippen molar-refractivity contribution in [3.05, 3.63) is 76.0 Å². The number of para-hydroxylation sites is 2. The zero-order valence-electron chi connectivity index (χ0n) is 13.8. The minimum absolute atomic E-state index is 0.480. The van der Waals surface area contributed by atoms with Crippen molar-refractivity contribution in [1.29, 1.82) is 0 Å². The number of anilines is 2. The van der Waals surface area contributed by atoms with Gasteiger partial charge in [0.25, 0.3) is 0 Å². The van der Waals surface area contributed by atoms with Crippen molar-refractivity contribution in [1.82, 2.24) is 4.57 Å². The van der Waals surface area contributed by atoms with Crippen LogP contribution >= 0.6 is 35.4 Å². The standard InChI is InChI=1S/C19H17Cl2N3S/c1-12-7-8-13(2)24(12)18-6-4-3-5-17(18)23-19(25)22-14-9-10-15(20)16(21)11-14/h3-11H,1-2H3,(H2,22,23,25). The minimum Gasteiger partial charge on any atom is -0.332 e. The lowest BCUT2D eigenvalue weighted by Crippen LogP contribution is -2.20. The lowest BCUT2D eigenvalue weighted by atomic mass is 10.2. The summed E-state index contributed by atoms with van der Waals surface area (Å²) in [6.45, 7) is 4.16. The SMILES string of the molecule is Cc1ccc(C)n1-c1ccccc1NC(=S)Nc1ccc(Cl)c(Cl)c1. The van der Waals surface area contributed by atoms with Gasteiger partial charge in [-0.3, -0.25) is 0 Å². The third-order valence-corrected chi connectivity index (χ3v) is 4.78. The average Bonchev–Trinajstić information content (AvgIpc) is 2.90. The second kappa shape index (κ2) is 7.48. The highest BCUT2D eigenvalue weighted by Crippen LogP contribution is 2.26. The Balaban J connectivity index is 1.84. The van der Waals surface area contributed by atoms with E-state index in [1.807, 2.05) is 24.3 Å². The lowest BCUT2D eigenvalue weighted by Gasteiger charge is -2.17. The quantitative estimate of drug-likeness (QED) is 0.521. The molecule has 1 aromatic heterocycles. The first-order valence-corrected chi connectivity index (χ1v) is 8.89. The predicted molar refractivity (Wildman–Crippen MR) is 112 cm³/mol. The topological polar surface area (TPSA) is 29.0 Å². The van der Waals surface area contributed by atoms with Crippen molar-refractivity contribution in [3.63, 3.8) is 0 Å². The van der Waals surface area contributed by atoms with Crippen molar-refractivity contribution in [3.8, 4) is 5.69 Å². The average molecular weight is 390 g/mol. The van der Waals surface area contributed by atoms with E-state index in [9.17, 15) is 0 Å². The highest BCUT2D eigenvalue weighted by molar-refractivity contribution is 7.80. The third-order valence-electron chi connectivity index (χ3n) is 3.84. The van der Waals surface area contributed by atoms with E-state index in [0.29, 0.717) is 15.2 Å². The molecule has 0 radical (unpaired) electrons. The zero-order chi connectivity index (χ0) is 18.0. The Morgan fingerprint density at radius 2 is 1.56 bits per heavy atom. The maximum absolute atomic E-state index is 6.05. The number of rotatable bonds is 3. The number of hydrogen-bond acceptors (Lipinski definition) is 1. The highest BCUT2D eigenvalue weighted by Gasteiger charge is 2.10. The minimum atomic E-state index is 0.480. The summed E-state index contributed by atoms with van der Waals surface area (Å²) in [5.74, 6) is 0. The molecule has 0 unspecified atom stereocenters. The molecule has 0 amide bonds. The van der Waals surface area contributed by atoms with Crippen LogP contribution in [0.25, 0.3) is 5.69 Å². The van der Waals surface area contributed by atoms with E-state index in [4.69, 9.17) is 35.4 Å². The smallest absolute Gasteiger partial charge is 0.175 e. The Hall–Kier alpha value is -2.01. The van der Waals surface area contributed by atoms with Crippen molar-refractivity contribution in [2.75, 3.05) is 10.6 Å². The van der Waals surface area contributed by atoms with Gasteiger partial charge < -0.3 is 15.2 Å². The molecule has 3 rings (SSSR count). The molecule has 0 aliphatic carbocycles. The first kappa shape index (κ1) is 17.8. The molecule has 25 heavy (non-hydrogen) atoms. The van der Waals surface area contributed by atoms with Crippen LogP contribution in [0.3, 0.4) is 0 Å². The number of benzene rings is 2. The second-order valence-corrected chi connectivity index (χ2v) is 6.90. The van der Waals surface area contributed by atoms with Gasteiger partial charge in [-0.05, 0) is 68.5 Å². The van der Waals surface area contributed by atoms with Crippen molar-refractivity contribution in [2.45, 2.75) is 13.8 Å². The number of nitrogens with one attached hydrogen (secondary N) is 2. The molecule has 2 N–H and O–H groups in total. The maximum atomic E-state index is 6.05. The van der Waals surface area contributed by atoms with Gasteiger partial charge in [-0.1, -0.05) is 35.3 Å². The monoisotopic (exact) mass is 389 g/mol. The normalized spacial score (nSPS) is 10.6. The summed E-state index contributed by atoms with van der Waals surface area (Å²) < 4.78 is 2.18. The molecule has 0 aliphatic heterocycles. The molecular formula is C19H17Cl2N3S. The number of halogens is 2. The van der Waals surface area contributed by atoms with Crippen molar-refractivity contribution >= 4 is 51.9 Å². The summed E-state index contributed by atoms with van der Waals surface area (Å²) in [5, 5.41) is 7.86. The van der Waals surface area contributed by atoms with Gasteiger partial charge in [-0.2, -0.15) is 0 Å². The van der Waals surface area contributed by atoms with E-state index in [1.165, 1.54) is 0 Å². The largest absolute Gasteiger partial charge is 0.332 e. The predicted octanol–water partition coefficient (Wildman–Crippen LogP) is 6.21. The van der Waals surface area contributed by atoms with E-state index < -0.39 is 0 Å². The summed E-state index contributed by atoms with van der Waals surface area (Å²) in [6.07, 6.45) is 0.